The molecule has 1 aliphatic rings. The summed E-state index contributed by atoms with van der Waals surface area (Å²) in [5.74, 6) is 0.00478. The average Bonchev–Trinajstić information content (AvgIpc) is 2.75. The molecule has 1 aromatic rings. The molecule has 0 radical (unpaired) electrons. The number of aromatic nitrogens is 1. The molecule has 1 aliphatic heterocycles. The zero-order valence-electron chi connectivity index (χ0n) is 7.60. The zero-order chi connectivity index (χ0) is 9.97. The Morgan fingerprint density at radius 1 is 1.71 bits per heavy atom. The minimum absolute atomic E-state index is 0.0288. The van der Waals surface area contributed by atoms with Crippen LogP contribution in [0.2, 0.25) is 0 Å². The molecule has 1 unspecified atom stereocenters. The van der Waals surface area contributed by atoms with Crippen molar-refractivity contribution in [1.82, 2.24) is 5.16 Å². The summed E-state index contributed by atoms with van der Waals surface area (Å²) in [6.07, 6.45) is 1.71. The van der Waals surface area contributed by atoms with Crippen LogP contribution in [0.15, 0.2) is 10.6 Å². The molecule has 5 nitrogen and oxygen atoms in total. The third-order valence-electron chi connectivity index (χ3n) is 2.29. The molecule has 1 atom stereocenters. The van der Waals surface area contributed by atoms with Gasteiger partial charge in [0, 0.05) is 25.7 Å². The molecule has 14 heavy (non-hydrogen) atoms. The normalized spacial score (nSPS) is 21.3. The van der Waals surface area contributed by atoms with Gasteiger partial charge in [0.2, 0.25) is 0 Å². The summed E-state index contributed by atoms with van der Waals surface area (Å²) in [6, 6.07) is 1.47. The van der Waals surface area contributed by atoms with E-state index in [1.54, 1.807) is 0 Å². The van der Waals surface area contributed by atoms with Gasteiger partial charge in [0.25, 0.3) is 0 Å². The smallest absolute Gasteiger partial charge is 0.358 e. The highest BCUT2D eigenvalue weighted by molar-refractivity contribution is 5.85. The van der Waals surface area contributed by atoms with E-state index in [9.17, 15) is 4.79 Å². The fourth-order valence-electron chi connectivity index (χ4n) is 1.54. The minimum atomic E-state index is -1.05. The van der Waals surface area contributed by atoms with Gasteiger partial charge in [0.05, 0.1) is 0 Å². The first-order valence-electron chi connectivity index (χ1n) is 4.52. The third-order valence-corrected chi connectivity index (χ3v) is 2.29. The maximum absolute atomic E-state index is 10.5. The lowest BCUT2D eigenvalue weighted by Gasteiger charge is -2.01. The first-order chi connectivity index (χ1) is 6.75. The maximum Gasteiger partial charge on any atom is 0.358 e. The highest BCUT2D eigenvalue weighted by Gasteiger charge is 2.19. The fourth-order valence-corrected chi connectivity index (χ4v) is 1.54. The minimum Gasteiger partial charge on any atom is -0.476 e. The number of ether oxygens (including phenoxy) is 1. The van der Waals surface area contributed by atoms with Crippen LogP contribution >= 0.6 is 0 Å². The van der Waals surface area contributed by atoms with Gasteiger partial charge < -0.3 is 14.4 Å². The number of nitrogens with zero attached hydrogens (tertiary/aromatic N) is 1. The molecule has 1 saturated heterocycles. The van der Waals surface area contributed by atoms with E-state index in [0.29, 0.717) is 18.1 Å². The van der Waals surface area contributed by atoms with E-state index in [1.807, 2.05) is 0 Å². The predicted molar refractivity (Wildman–Crippen MR) is 46.1 cm³/mol. The zero-order valence-corrected chi connectivity index (χ0v) is 7.60. The molecule has 0 saturated carbocycles. The van der Waals surface area contributed by atoms with Crippen LogP contribution < -0.4 is 0 Å². The average molecular weight is 197 g/mol. The van der Waals surface area contributed by atoms with Crippen molar-refractivity contribution in [1.29, 1.82) is 0 Å². The Hall–Kier alpha value is -1.36. The van der Waals surface area contributed by atoms with Gasteiger partial charge in [-0.15, -0.1) is 0 Å². The van der Waals surface area contributed by atoms with E-state index in [-0.39, 0.29) is 5.69 Å². The quantitative estimate of drug-likeness (QED) is 0.781. The second-order valence-electron chi connectivity index (χ2n) is 3.42. The summed E-state index contributed by atoms with van der Waals surface area (Å²) in [5, 5.41) is 12.1. The Labute approximate surface area is 80.6 Å². The van der Waals surface area contributed by atoms with Crippen LogP contribution in [0.3, 0.4) is 0 Å². The molecule has 2 rings (SSSR count). The SMILES string of the molecule is O=C(O)c1cc(CC2CCOC2)on1. The number of carboxylic acid groups (broad SMARTS) is 1. The van der Waals surface area contributed by atoms with E-state index in [2.05, 4.69) is 5.16 Å². The molecule has 76 valence electrons. The van der Waals surface area contributed by atoms with Crippen LogP contribution in [0.5, 0.6) is 0 Å². The van der Waals surface area contributed by atoms with E-state index in [1.165, 1.54) is 6.07 Å². The molecule has 0 bridgehead atoms. The molecule has 0 amide bonds. The Morgan fingerprint density at radius 3 is 3.14 bits per heavy atom. The summed E-state index contributed by atoms with van der Waals surface area (Å²) >= 11 is 0. The highest BCUT2D eigenvalue weighted by atomic mass is 16.5. The lowest BCUT2D eigenvalue weighted by molar-refractivity contribution is 0.0685. The summed E-state index contributed by atoms with van der Waals surface area (Å²) < 4.78 is 10.1. The first-order valence-corrected chi connectivity index (χ1v) is 4.52. The van der Waals surface area contributed by atoms with Gasteiger partial charge in [-0.05, 0) is 12.3 Å². The predicted octanol–water partition coefficient (Wildman–Crippen LogP) is 0.952. The maximum atomic E-state index is 10.5. The largest absolute Gasteiger partial charge is 0.476 e. The van der Waals surface area contributed by atoms with Crippen LogP contribution in [0, 0.1) is 5.92 Å². The lowest BCUT2D eigenvalue weighted by atomic mass is 10.0. The lowest BCUT2D eigenvalue weighted by Crippen LogP contribution is -2.02. The van der Waals surface area contributed by atoms with Gasteiger partial charge in [0.1, 0.15) is 5.76 Å². The standard InChI is InChI=1S/C9H11NO4/c11-9(12)8-4-7(14-10-8)3-6-1-2-13-5-6/h4,6H,1-3,5H2,(H,11,12). The van der Waals surface area contributed by atoms with E-state index < -0.39 is 5.97 Å². The highest BCUT2D eigenvalue weighted by Crippen LogP contribution is 2.18. The van der Waals surface area contributed by atoms with Crippen molar-refractivity contribution < 1.29 is 19.2 Å². The monoisotopic (exact) mass is 197 g/mol. The molecule has 0 aliphatic carbocycles. The van der Waals surface area contributed by atoms with E-state index in [0.717, 1.165) is 19.6 Å². The van der Waals surface area contributed by atoms with Gasteiger partial charge in [-0.1, -0.05) is 5.16 Å². The topological polar surface area (TPSA) is 72.6 Å². The van der Waals surface area contributed by atoms with Gasteiger partial charge in [-0.2, -0.15) is 0 Å². The van der Waals surface area contributed by atoms with Crippen LogP contribution in [0.25, 0.3) is 0 Å². The number of hydrogen-bond donors (Lipinski definition) is 1. The molecule has 1 N–H and O–H groups in total. The molecule has 0 aromatic carbocycles. The van der Waals surface area contributed by atoms with Crippen molar-refractivity contribution in [3.63, 3.8) is 0 Å². The van der Waals surface area contributed by atoms with E-state index >= 15 is 0 Å². The molecular formula is C9H11NO4. The van der Waals surface area contributed by atoms with Gasteiger partial charge in [-0.3, -0.25) is 0 Å². The molecule has 0 spiro atoms. The Kier molecular flexibility index (Phi) is 2.49. The van der Waals surface area contributed by atoms with Crippen LogP contribution in [0.4, 0.5) is 0 Å². The number of hydrogen-bond acceptors (Lipinski definition) is 4. The van der Waals surface area contributed by atoms with Crippen molar-refractivity contribution in [2.45, 2.75) is 12.8 Å². The summed E-state index contributed by atoms with van der Waals surface area (Å²) in [4.78, 5) is 10.5. The van der Waals surface area contributed by atoms with Crippen molar-refractivity contribution in [3.05, 3.63) is 17.5 Å². The van der Waals surface area contributed by atoms with Crippen molar-refractivity contribution in [3.8, 4) is 0 Å². The van der Waals surface area contributed by atoms with Crippen molar-refractivity contribution in [2.24, 2.45) is 5.92 Å². The Balaban J connectivity index is 1.98. The summed E-state index contributed by atoms with van der Waals surface area (Å²) in [5.41, 5.74) is -0.0288. The number of aromatic carboxylic acids is 1. The molecule has 2 heterocycles. The molecule has 1 fully saturated rings. The number of rotatable bonds is 3. The molecule has 1 aromatic heterocycles. The number of carboxylic acids is 1. The molecule has 5 heteroatoms. The second-order valence-corrected chi connectivity index (χ2v) is 3.42. The van der Waals surface area contributed by atoms with E-state index in [4.69, 9.17) is 14.4 Å². The number of carbonyl (C=O) groups is 1. The van der Waals surface area contributed by atoms with Crippen LogP contribution in [-0.4, -0.2) is 29.4 Å². The van der Waals surface area contributed by atoms with Gasteiger partial charge in [-0.25, -0.2) is 4.79 Å². The van der Waals surface area contributed by atoms with Crippen molar-refractivity contribution in [2.75, 3.05) is 13.2 Å². The van der Waals surface area contributed by atoms with Gasteiger partial charge >= 0.3 is 5.97 Å². The molecular weight excluding hydrogens is 186 g/mol. The first kappa shape index (κ1) is 9.21. The summed E-state index contributed by atoms with van der Waals surface area (Å²) in [6.45, 7) is 1.51. The second kappa shape index (κ2) is 3.79. The summed E-state index contributed by atoms with van der Waals surface area (Å²) in [7, 11) is 0. The van der Waals surface area contributed by atoms with Gasteiger partial charge in [0.15, 0.2) is 5.69 Å². The van der Waals surface area contributed by atoms with Crippen LogP contribution in [0.1, 0.15) is 22.7 Å². The third kappa shape index (κ3) is 1.93. The van der Waals surface area contributed by atoms with Crippen LogP contribution in [-0.2, 0) is 11.2 Å². The fraction of sp³-hybridized carbons (Fsp3) is 0.556. The Morgan fingerprint density at radius 2 is 2.57 bits per heavy atom. The van der Waals surface area contributed by atoms with Crippen molar-refractivity contribution >= 4 is 5.97 Å². The Bertz CT molecular complexity index is 327.